The maximum absolute atomic E-state index is 14.8. The average Bonchev–Trinajstić information content (AvgIpc) is 3.12. The van der Waals surface area contributed by atoms with E-state index in [4.69, 9.17) is 14.2 Å². The van der Waals surface area contributed by atoms with Crippen molar-refractivity contribution in [1.82, 2.24) is 0 Å². The van der Waals surface area contributed by atoms with Gasteiger partial charge in [-0.25, -0.2) is 4.79 Å². The van der Waals surface area contributed by atoms with Crippen LogP contribution in [0.25, 0.3) is 6.08 Å². The van der Waals surface area contributed by atoms with Crippen molar-refractivity contribution in [2.24, 2.45) is 11.8 Å². The van der Waals surface area contributed by atoms with Crippen molar-refractivity contribution in [2.45, 2.75) is 110 Å². The summed E-state index contributed by atoms with van der Waals surface area (Å²) in [4.78, 5) is 26.7. The molecule has 5 atom stereocenters. The number of carboxylic acid groups (broad SMARTS) is 1. The molecule has 0 radical (unpaired) electrons. The average molecular weight is 627 g/mol. The van der Waals surface area contributed by atoms with Crippen LogP contribution in [0.15, 0.2) is 64.8 Å². The number of benzene rings is 1. The van der Waals surface area contributed by atoms with Gasteiger partial charge >= 0.3 is 5.97 Å². The number of phenolic OH excluding ortho intramolecular Hbond substituents is 1. The highest BCUT2D eigenvalue weighted by atomic mass is 16.6. The number of ketones is 1. The molecule has 0 amide bonds. The van der Waals surface area contributed by atoms with Gasteiger partial charge in [0.05, 0.1) is 11.2 Å². The zero-order valence-corrected chi connectivity index (χ0v) is 28.3. The van der Waals surface area contributed by atoms with Gasteiger partial charge in [0.25, 0.3) is 0 Å². The maximum Gasteiger partial charge on any atom is 0.330 e. The van der Waals surface area contributed by atoms with Crippen LogP contribution >= 0.6 is 0 Å². The molecule has 1 saturated heterocycles. The third-order valence-corrected chi connectivity index (χ3v) is 10.7. The fraction of sp³-hybridized carbons (Fsp3) is 0.487. The summed E-state index contributed by atoms with van der Waals surface area (Å²) >= 11 is 0. The first-order valence-electron chi connectivity index (χ1n) is 16.3. The van der Waals surface area contributed by atoms with Crippen molar-refractivity contribution in [2.75, 3.05) is 0 Å². The summed E-state index contributed by atoms with van der Waals surface area (Å²) in [7, 11) is 0. The van der Waals surface area contributed by atoms with Gasteiger partial charge in [-0.3, -0.25) is 4.79 Å². The molecule has 3 aliphatic carbocycles. The molecule has 7 nitrogen and oxygen atoms in total. The number of ether oxygens (including phenoxy) is 3. The lowest BCUT2D eigenvalue weighted by Crippen LogP contribution is -2.68. The van der Waals surface area contributed by atoms with E-state index >= 15 is 0 Å². The van der Waals surface area contributed by atoms with E-state index in [0.29, 0.717) is 41.0 Å². The zero-order valence-electron chi connectivity index (χ0n) is 28.3. The summed E-state index contributed by atoms with van der Waals surface area (Å²) in [5.41, 5.74) is 1.27. The molecule has 1 aromatic carbocycles. The fourth-order valence-corrected chi connectivity index (χ4v) is 8.33. The fourth-order valence-electron chi connectivity index (χ4n) is 8.33. The minimum Gasteiger partial charge on any atom is -0.506 e. The van der Waals surface area contributed by atoms with E-state index in [1.807, 2.05) is 52.8 Å². The van der Waals surface area contributed by atoms with Gasteiger partial charge in [-0.2, -0.15) is 0 Å². The summed E-state index contributed by atoms with van der Waals surface area (Å²) in [5, 5.41) is 21.5. The van der Waals surface area contributed by atoms with Gasteiger partial charge in [-0.05, 0) is 98.8 Å². The lowest BCUT2D eigenvalue weighted by molar-refractivity contribution is -0.132. The number of aromatic hydroxyl groups is 1. The molecule has 0 aromatic heterocycles. The SMILES string of the molecule is C=C1[C@@H]2C=C3C(=O)c4c(O)c5c(c(CC=C(C)C)c4O[C@@]34[C@H](C2)C(C)(C)O[C@@]14C/C=C(/C)C(=O)O)O[C@](C)(CCC=C(C)C)C=C5. The Kier molecular flexibility index (Phi) is 7.40. The highest BCUT2D eigenvalue weighted by Crippen LogP contribution is 2.71. The Bertz CT molecular complexity index is 1720. The van der Waals surface area contributed by atoms with E-state index in [1.54, 1.807) is 13.0 Å². The Morgan fingerprint density at radius 3 is 2.39 bits per heavy atom. The molecule has 1 aromatic rings. The van der Waals surface area contributed by atoms with Crippen LogP contribution in [0, 0.1) is 11.8 Å². The molecule has 2 fully saturated rings. The minimum atomic E-state index is -1.26. The van der Waals surface area contributed by atoms with Gasteiger partial charge in [0.2, 0.25) is 0 Å². The summed E-state index contributed by atoms with van der Waals surface area (Å²) in [5.74, 6) is -1.02. The number of fused-ring (bicyclic) bond motifs is 2. The highest BCUT2D eigenvalue weighted by Gasteiger charge is 2.79. The third kappa shape index (κ3) is 4.49. The van der Waals surface area contributed by atoms with Crippen molar-refractivity contribution in [3.05, 3.63) is 81.5 Å². The van der Waals surface area contributed by atoms with Crippen molar-refractivity contribution in [1.29, 1.82) is 0 Å². The topological polar surface area (TPSA) is 102 Å². The molecule has 244 valence electrons. The first-order chi connectivity index (χ1) is 21.5. The van der Waals surface area contributed by atoms with Crippen LogP contribution in [0.3, 0.4) is 0 Å². The largest absolute Gasteiger partial charge is 0.506 e. The molecule has 46 heavy (non-hydrogen) atoms. The number of hydrogen-bond donors (Lipinski definition) is 2. The van der Waals surface area contributed by atoms with Crippen LogP contribution in [0.5, 0.6) is 17.2 Å². The van der Waals surface area contributed by atoms with Crippen LogP contribution in [0.1, 0.15) is 103 Å². The minimum absolute atomic E-state index is 0.136. The first-order valence-corrected chi connectivity index (χ1v) is 16.3. The number of phenols is 1. The van der Waals surface area contributed by atoms with Gasteiger partial charge in [0, 0.05) is 35.0 Å². The van der Waals surface area contributed by atoms with Crippen LogP contribution < -0.4 is 9.47 Å². The second-order valence-electron chi connectivity index (χ2n) is 14.9. The van der Waals surface area contributed by atoms with Crippen LogP contribution in [-0.4, -0.2) is 44.4 Å². The highest BCUT2D eigenvalue weighted by molar-refractivity contribution is 6.17. The standard InChI is InChI=1S/C39H46O7/c1-21(2)11-10-16-37(9)17-15-26-31(40)30-32(41)28-19-25-20-29-36(7,8)46-38(24(25)6,18-14-23(5)35(42)43)39(28,29)45-34(30)27(33(26)44-37)13-12-22(3)4/h11-12,14-15,17,19,25,29,40H,6,10,13,16,18,20H2,1-5,7-9H3,(H,42,43)/b23-14-/t25-,29-,37-,38+,39-/m1/s1. The molecule has 7 rings (SSSR count). The van der Waals surface area contributed by atoms with Gasteiger partial charge in [0.15, 0.2) is 11.4 Å². The van der Waals surface area contributed by atoms with Crippen molar-refractivity contribution < 1.29 is 34.0 Å². The molecule has 1 spiro atoms. The molecule has 0 unspecified atom stereocenters. The second kappa shape index (κ2) is 10.6. The summed E-state index contributed by atoms with van der Waals surface area (Å²) in [6.45, 7) is 20.3. The Morgan fingerprint density at radius 2 is 1.74 bits per heavy atom. The number of carbonyl (C=O) groups is 2. The monoisotopic (exact) mass is 626 g/mol. The molecule has 4 bridgehead atoms. The quantitative estimate of drug-likeness (QED) is 0.221. The number of Topliss-reactive ketones (excluding diaryl/α,β-unsaturated/α-hetero) is 1. The van der Waals surface area contributed by atoms with Crippen molar-refractivity contribution >= 4 is 17.8 Å². The second-order valence-corrected chi connectivity index (χ2v) is 14.9. The Morgan fingerprint density at radius 1 is 1.04 bits per heavy atom. The van der Waals surface area contributed by atoms with Crippen LogP contribution in [0.4, 0.5) is 0 Å². The number of aliphatic carboxylic acids is 1. The van der Waals surface area contributed by atoms with Crippen LogP contribution in [0.2, 0.25) is 0 Å². The van der Waals surface area contributed by atoms with E-state index < -0.39 is 28.4 Å². The number of allylic oxidation sites excluding steroid dienone is 5. The van der Waals surface area contributed by atoms with E-state index in [0.717, 1.165) is 24.0 Å². The van der Waals surface area contributed by atoms with Gasteiger partial charge in [0.1, 0.15) is 34.0 Å². The molecule has 2 N–H and O–H groups in total. The molecule has 7 heteroatoms. The lowest BCUT2D eigenvalue weighted by Gasteiger charge is -2.58. The first kappa shape index (κ1) is 32.1. The number of carbonyl (C=O) groups excluding carboxylic acids is 1. The molecular formula is C39H46O7. The van der Waals surface area contributed by atoms with Gasteiger partial charge in [-0.15, -0.1) is 0 Å². The number of rotatable bonds is 8. The van der Waals surface area contributed by atoms with Crippen molar-refractivity contribution in [3.63, 3.8) is 0 Å². The number of hydrogen-bond acceptors (Lipinski definition) is 6. The Hall–Kier alpha value is -3.84. The summed E-state index contributed by atoms with van der Waals surface area (Å²) in [6, 6.07) is 0. The molecule has 1 saturated carbocycles. The molecule has 3 heterocycles. The van der Waals surface area contributed by atoms with E-state index in [2.05, 4.69) is 32.6 Å². The molecule has 3 aliphatic heterocycles. The van der Waals surface area contributed by atoms with Gasteiger partial charge < -0.3 is 24.4 Å². The van der Waals surface area contributed by atoms with E-state index in [1.165, 1.54) is 5.57 Å². The normalized spacial score (nSPS) is 31.2. The predicted molar refractivity (Wildman–Crippen MR) is 178 cm³/mol. The molecular weight excluding hydrogens is 580 g/mol. The smallest absolute Gasteiger partial charge is 0.330 e. The predicted octanol–water partition coefficient (Wildman–Crippen LogP) is 8.23. The van der Waals surface area contributed by atoms with Crippen LogP contribution in [-0.2, 0) is 16.0 Å². The van der Waals surface area contributed by atoms with Crippen molar-refractivity contribution in [3.8, 4) is 17.2 Å². The lowest BCUT2D eigenvalue weighted by atomic mass is 9.50. The van der Waals surface area contributed by atoms with Gasteiger partial charge in [-0.1, -0.05) is 42.0 Å². The molecule has 6 aliphatic rings. The van der Waals surface area contributed by atoms with E-state index in [-0.39, 0.29) is 40.9 Å². The zero-order chi connectivity index (χ0) is 33.6. The van der Waals surface area contributed by atoms with E-state index in [9.17, 15) is 19.8 Å². The third-order valence-electron chi connectivity index (χ3n) is 10.7. The maximum atomic E-state index is 14.8. The summed E-state index contributed by atoms with van der Waals surface area (Å²) in [6.07, 6.45) is 14.6. The Balaban J connectivity index is 1.59. The summed E-state index contributed by atoms with van der Waals surface area (Å²) < 4.78 is 21.1. The Labute approximate surface area is 272 Å². The number of carboxylic acids is 1.